The second-order valence-corrected chi connectivity index (χ2v) is 8.06. The molecule has 140 valence electrons. The van der Waals surface area contributed by atoms with E-state index in [4.69, 9.17) is 0 Å². The van der Waals surface area contributed by atoms with Gasteiger partial charge < -0.3 is 5.32 Å². The highest BCUT2D eigenvalue weighted by atomic mass is 35.5. The van der Waals surface area contributed by atoms with Gasteiger partial charge >= 0.3 is 6.18 Å². The topological polar surface area (TPSA) is 41.1 Å². The van der Waals surface area contributed by atoms with Crippen LogP contribution >= 0.6 is 35.1 Å². The van der Waals surface area contributed by atoms with E-state index in [0.717, 1.165) is 54.2 Å². The fourth-order valence-corrected chi connectivity index (χ4v) is 4.45. The summed E-state index contributed by atoms with van der Waals surface area (Å²) in [6.07, 6.45) is -2.28. The van der Waals surface area contributed by atoms with Gasteiger partial charge in [0.1, 0.15) is 9.88 Å². The fourth-order valence-electron chi connectivity index (χ4n) is 2.81. The third-order valence-corrected chi connectivity index (χ3v) is 6.03. The van der Waals surface area contributed by atoms with Crippen molar-refractivity contribution in [3.05, 3.63) is 32.2 Å². The summed E-state index contributed by atoms with van der Waals surface area (Å²) in [6, 6.07) is 0. The quantitative estimate of drug-likeness (QED) is 0.779. The van der Waals surface area contributed by atoms with E-state index < -0.39 is 11.1 Å². The number of aromatic nitrogens is 2. The zero-order chi connectivity index (χ0) is 17.2. The molecule has 1 fully saturated rings. The highest BCUT2D eigenvalue weighted by Crippen LogP contribution is 2.34. The van der Waals surface area contributed by atoms with Crippen LogP contribution in [0.1, 0.15) is 26.9 Å². The molecule has 4 nitrogen and oxygen atoms in total. The maximum atomic E-state index is 12.8. The van der Waals surface area contributed by atoms with Gasteiger partial charge in [0.05, 0.1) is 23.9 Å². The molecule has 3 rings (SSSR count). The van der Waals surface area contributed by atoms with E-state index in [1.54, 1.807) is 11.3 Å². The number of aryl methyl sites for hydroxylation is 1. The third-order valence-electron chi connectivity index (χ3n) is 4.08. The molecule has 0 saturated carbocycles. The Morgan fingerprint density at radius 1 is 1.32 bits per heavy atom. The van der Waals surface area contributed by atoms with Crippen molar-refractivity contribution in [1.29, 1.82) is 0 Å². The number of rotatable bonds is 6. The molecule has 1 atom stereocenters. The Kier molecular flexibility index (Phi) is 7.21. The lowest BCUT2D eigenvalue weighted by Gasteiger charge is -2.24. The molecule has 0 radical (unpaired) electrons. The third kappa shape index (κ3) is 5.62. The number of nitrogens with one attached hydrogen (secondary N) is 1. The molecular formula is C15H20ClF3N4S2. The standard InChI is InChI=1S/C15H19F3N4S2.ClH/c1-10-12(23-9-21-10)7-22(6-11-2-3-19-4-11)8-14-20-5-13(24-14)15(16,17)18;/h5,9,11,19H,2-4,6-8H2,1H3;1H. The molecule has 1 saturated heterocycles. The van der Waals surface area contributed by atoms with Gasteiger partial charge in [0.15, 0.2) is 0 Å². The molecule has 1 N–H and O–H groups in total. The zero-order valence-corrected chi connectivity index (χ0v) is 16.1. The van der Waals surface area contributed by atoms with Crippen LogP contribution in [0.2, 0.25) is 0 Å². The first-order valence-electron chi connectivity index (χ1n) is 7.75. The van der Waals surface area contributed by atoms with Crippen LogP contribution in [0.4, 0.5) is 13.2 Å². The SMILES string of the molecule is Cc1ncsc1CN(Cc1ncc(C(F)(F)F)s1)CC1CCNC1.Cl. The number of halogens is 4. The van der Waals surface area contributed by atoms with Crippen LogP contribution in [0.25, 0.3) is 0 Å². The molecule has 25 heavy (non-hydrogen) atoms. The van der Waals surface area contributed by atoms with Crippen molar-refractivity contribution in [2.45, 2.75) is 32.6 Å². The first-order valence-corrected chi connectivity index (χ1v) is 9.45. The Morgan fingerprint density at radius 2 is 2.12 bits per heavy atom. The van der Waals surface area contributed by atoms with Crippen molar-refractivity contribution in [2.75, 3.05) is 19.6 Å². The molecular weight excluding hydrogens is 393 g/mol. The lowest BCUT2D eigenvalue weighted by atomic mass is 10.1. The number of alkyl halides is 3. The smallest absolute Gasteiger partial charge is 0.316 e. The van der Waals surface area contributed by atoms with Crippen molar-refractivity contribution in [2.24, 2.45) is 5.92 Å². The van der Waals surface area contributed by atoms with Gasteiger partial charge in [0.2, 0.25) is 0 Å². The predicted octanol–water partition coefficient (Wildman–Crippen LogP) is 3.96. The van der Waals surface area contributed by atoms with Crippen LogP contribution in [0.3, 0.4) is 0 Å². The van der Waals surface area contributed by atoms with Gasteiger partial charge in [-0.25, -0.2) is 9.97 Å². The van der Waals surface area contributed by atoms with Crippen LogP contribution < -0.4 is 5.32 Å². The second kappa shape index (κ2) is 8.77. The van der Waals surface area contributed by atoms with E-state index in [1.165, 1.54) is 0 Å². The van der Waals surface area contributed by atoms with Gasteiger partial charge in [-0.3, -0.25) is 4.90 Å². The molecule has 0 bridgehead atoms. The normalized spacial score (nSPS) is 17.9. The summed E-state index contributed by atoms with van der Waals surface area (Å²) >= 11 is 2.33. The van der Waals surface area contributed by atoms with Crippen molar-refractivity contribution in [3.63, 3.8) is 0 Å². The maximum Gasteiger partial charge on any atom is 0.427 e. The monoisotopic (exact) mass is 412 g/mol. The lowest BCUT2D eigenvalue weighted by molar-refractivity contribution is -0.134. The summed E-state index contributed by atoms with van der Waals surface area (Å²) in [5.74, 6) is 0.528. The Balaban J connectivity index is 0.00000225. The number of nitrogens with zero attached hydrogens (tertiary/aromatic N) is 3. The van der Waals surface area contributed by atoms with Crippen LogP contribution in [-0.2, 0) is 19.3 Å². The minimum absolute atomic E-state index is 0. The highest BCUT2D eigenvalue weighted by Gasteiger charge is 2.33. The van der Waals surface area contributed by atoms with E-state index in [1.807, 2.05) is 12.4 Å². The lowest BCUT2D eigenvalue weighted by Crippen LogP contribution is -2.29. The molecule has 0 aromatic carbocycles. The molecule has 10 heteroatoms. The Labute approximate surface area is 158 Å². The van der Waals surface area contributed by atoms with Crippen LogP contribution in [-0.4, -0.2) is 34.5 Å². The van der Waals surface area contributed by atoms with Crippen LogP contribution in [0.5, 0.6) is 0 Å². The summed E-state index contributed by atoms with van der Waals surface area (Å²) in [4.78, 5) is 11.0. The fraction of sp³-hybridized carbons (Fsp3) is 0.600. The largest absolute Gasteiger partial charge is 0.427 e. The van der Waals surface area contributed by atoms with Crippen LogP contribution in [0, 0.1) is 12.8 Å². The summed E-state index contributed by atoms with van der Waals surface area (Å²) in [5.41, 5.74) is 2.80. The number of hydrogen-bond acceptors (Lipinski definition) is 6. The molecule has 3 heterocycles. The summed E-state index contributed by atoms with van der Waals surface area (Å²) < 4.78 is 38.3. The van der Waals surface area contributed by atoms with Gasteiger partial charge in [-0.1, -0.05) is 0 Å². The minimum atomic E-state index is -4.32. The van der Waals surface area contributed by atoms with Crippen molar-refractivity contribution >= 4 is 35.1 Å². The Hall–Kier alpha value is -0.740. The second-order valence-electron chi connectivity index (χ2n) is 6.01. The molecule has 2 aromatic rings. The molecule has 1 unspecified atom stereocenters. The number of hydrogen-bond donors (Lipinski definition) is 1. The van der Waals surface area contributed by atoms with Crippen molar-refractivity contribution in [1.82, 2.24) is 20.2 Å². The van der Waals surface area contributed by atoms with E-state index in [-0.39, 0.29) is 12.4 Å². The molecule has 0 aliphatic carbocycles. The van der Waals surface area contributed by atoms with Gasteiger partial charge in [-0.05, 0) is 32.4 Å². The zero-order valence-electron chi connectivity index (χ0n) is 13.7. The summed E-state index contributed by atoms with van der Waals surface area (Å²) in [7, 11) is 0. The van der Waals surface area contributed by atoms with E-state index in [9.17, 15) is 13.2 Å². The first-order chi connectivity index (χ1) is 11.4. The molecule has 2 aromatic heterocycles. The number of thiazole rings is 2. The van der Waals surface area contributed by atoms with Crippen molar-refractivity contribution in [3.8, 4) is 0 Å². The maximum absolute atomic E-state index is 12.8. The summed E-state index contributed by atoms with van der Waals surface area (Å²) in [5, 5.41) is 3.85. The highest BCUT2D eigenvalue weighted by molar-refractivity contribution is 7.11. The average Bonchev–Trinajstić information content (AvgIpc) is 3.22. The average molecular weight is 413 g/mol. The van der Waals surface area contributed by atoms with Gasteiger partial charge in [-0.15, -0.1) is 35.1 Å². The Morgan fingerprint density at radius 3 is 2.68 bits per heavy atom. The van der Waals surface area contributed by atoms with Gasteiger partial charge in [-0.2, -0.15) is 13.2 Å². The van der Waals surface area contributed by atoms with E-state index in [0.29, 0.717) is 24.0 Å². The van der Waals surface area contributed by atoms with Gasteiger partial charge in [0, 0.05) is 18.0 Å². The van der Waals surface area contributed by atoms with Gasteiger partial charge in [0.25, 0.3) is 0 Å². The van der Waals surface area contributed by atoms with E-state index in [2.05, 4.69) is 20.2 Å². The first kappa shape index (κ1) is 20.6. The Bertz CT molecular complexity index is 668. The predicted molar refractivity (Wildman–Crippen MR) is 96.3 cm³/mol. The summed E-state index contributed by atoms with van der Waals surface area (Å²) in [6.45, 7) is 5.93. The van der Waals surface area contributed by atoms with Crippen LogP contribution in [0.15, 0.2) is 11.7 Å². The van der Waals surface area contributed by atoms with E-state index >= 15 is 0 Å². The molecule has 1 aliphatic heterocycles. The molecule has 1 aliphatic rings. The van der Waals surface area contributed by atoms with Crippen molar-refractivity contribution < 1.29 is 13.2 Å². The molecule has 0 spiro atoms. The minimum Gasteiger partial charge on any atom is -0.316 e. The molecule has 0 amide bonds.